The zero-order valence-electron chi connectivity index (χ0n) is 13.2. The number of furan rings is 1. The van der Waals surface area contributed by atoms with Gasteiger partial charge >= 0.3 is 0 Å². The van der Waals surface area contributed by atoms with E-state index in [9.17, 15) is 9.18 Å². The minimum absolute atomic E-state index is 0.0473. The van der Waals surface area contributed by atoms with Crippen molar-refractivity contribution in [1.82, 2.24) is 19.9 Å². The van der Waals surface area contributed by atoms with Gasteiger partial charge in [0, 0.05) is 0 Å². The minimum Gasteiger partial charge on any atom is -0.467 e. The third kappa shape index (κ3) is 3.43. The van der Waals surface area contributed by atoms with Gasteiger partial charge in [0.25, 0.3) is 0 Å². The van der Waals surface area contributed by atoms with Crippen LogP contribution in [0.2, 0.25) is 0 Å². The average Bonchev–Trinajstić information content (AvgIpc) is 3.31. The first kappa shape index (κ1) is 15.9. The fourth-order valence-electron chi connectivity index (χ4n) is 2.77. The Balaban J connectivity index is 1.51. The van der Waals surface area contributed by atoms with Crippen molar-refractivity contribution in [2.75, 3.05) is 5.75 Å². The molecule has 4 rings (SSSR count). The van der Waals surface area contributed by atoms with Gasteiger partial charge in [-0.25, -0.2) is 9.07 Å². The van der Waals surface area contributed by atoms with E-state index in [2.05, 4.69) is 10.3 Å². The van der Waals surface area contributed by atoms with Gasteiger partial charge < -0.3 is 9.32 Å². The summed E-state index contributed by atoms with van der Waals surface area (Å²) in [5.74, 6) is 0.903. The SMILES string of the molecule is O=C1CS[C@H](c2cn(Cc3cccc(F)c3)nn2)N1Cc1ccco1. The van der Waals surface area contributed by atoms with Gasteiger partial charge in [0.2, 0.25) is 5.91 Å². The Kier molecular flexibility index (Phi) is 4.27. The van der Waals surface area contributed by atoms with E-state index in [0.29, 0.717) is 24.5 Å². The summed E-state index contributed by atoms with van der Waals surface area (Å²) in [5, 5.41) is 8.12. The van der Waals surface area contributed by atoms with Crippen LogP contribution in [0.1, 0.15) is 22.4 Å². The predicted octanol–water partition coefficient (Wildman–Crippen LogP) is 2.83. The molecule has 3 heterocycles. The van der Waals surface area contributed by atoms with E-state index < -0.39 is 0 Å². The van der Waals surface area contributed by atoms with Crippen molar-refractivity contribution in [3.8, 4) is 0 Å². The highest BCUT2D eigenvalue weighted by molar-refractivity contribution is 8.00. The van der Waals surface area contributed by atoms with Crippen molar-refractivity contribution in [3.63, 3.8) is 0 Å². The molecule has 25 heavy (non-hydrogen) atoms. The summed E-state index contributed by atoms with van der Waals surface area (Å²) in [6.45, 7) is 0.828. The van der Waals surface area contributed by atoms with Gasteiger partial charge in [-0.2, -0.15) is 0 Å². The number of carbonyl (C=O) groups excluding carboxylic acids is 1. The van der Waals surface area contributed by atoms with Crippen molar-refractivity contribution < 1.29 is 13.6 Å². The quantitative estimate of drug-likeness (QED) is 0.702. The number of hydrogen-bond acceptors (Lipinski definition) is 5. The number of thioether (sulfide) groups is 1. The van der Waals surface area contributed by atoms with Crippen LogP contribution in [0, 0.1) is 5.82 Å². The highest BCUT2D eigenvalue weighted by atomic mass is 32.2. The van der Waals surface area contributed by atoms with Crippen molar-refractivity contribution in [1.29, 1.82) is 0 Å². The number of rotatable bonds is 5. The maximum Gasteiger partial charge on any atom is 0.234 e. The molecule has 0 saturated carbocycles. The molecule has 1 aliphatic heterocycles. The highest BCUT2D eigenvalue weighted by Gasteiger charge is 2.35. The van der Waals surface area contributed by atoms with E-state index in [-0.39, 0.29) is 17.1 Å². The molecule has 2 aromatic heterocycles. The van der Waals surface area contributed by atoms with Crippen LogP contribution in [0.5, 0.6) is 0 Å². The molecule has 1 saturated heterocycles. The van der Waals surface area contributed by atoms with Gasteiger partial charge in [0.1, 0.15) is 22.6 Å². The molecule has 0 bridgehead atoms. The van der Waals surface area contributed by atoms with Crippen molar-refractivity contribution in [2.24, 2.45) is 0 Å². The number of nitrogens with zero attached hydrogens (tertiary/aromatic N) is 4. The van der Waals surface area contributed by atoms with Gasteiger partial charge in [0.05, 0.1) is 31.3 Å². The van der Waals surface area contributed by atoms with Crippen molar-refractivity contribution in [3.05, 3.63) is 71.7 Å². The Labute approximate surface area is 147 Å². The lowest BCUT2D eigenvalue weighted by molar-refractivity contribution is -0.128. The van der Waals surface area contributed by atoms with Crippen molar-refractivity contribution in [2.45, 2.75) is 18.5 Å². The molecule has 1 amide bonds. The Hall–Kier alpha value is -2.61. The first-order chi connectivity index (χ1) is 12.2. The maximum atomic E-state index is 13.3. The third-order valence-electron chi connectivity index (χ3n) is 3.92. The second kappa shape index (κ2) is 6.72. The number of benzene rings is 1. The van der Waals surface area contributed by atoms with E-state index >= 15 is 0 Å². The number of amides is 1. The fraction of sp³-hybridized carbons (Fsp3) is 0.235. The molecule has 0 spiro atoms. The van der Waals surface area contributed by atoms with Crippen LogP contribution in [-0.4, -0.2) is 31.6 Å². The van der Waals surface area contributed by atoms with Gasteiger partial charge in [-0.3, -0.25) is 4.79 Å². The molecule has 0 N–H and O–H groups in total. The fourth-order valence-corrected chi connectivity index (χ4v) is 3.88. The molecular weight excluding hydrogens is 343 g/mol. The lowest BCUT2D eigenvalue weighted by atomic mass is 10.2. The summed E-state index contributed by atoms with van der Waals surface area (Å²) in [7, 11) is 0. The van der Waals surface area contributed by atoms with E-state index in [1.165, 1.54) is 23.9 Å². The highest BCUT2D eigenvalue weighted by Crippen LogP contribution is 2.38. The number of halogens is 1. The molecule has 6 nitrogen and oxygen atoms in total. The Morgan fingerprint density at radius 3 is 3.00 bits per heavy atom. The van der Waals surface area contributed by atoms with Crippen LogP contribution in [-0.2, 0) is 17.9 Å². The number of aromatic nitrogens is 3. The number of carbonyl (C=O) groups is 1. The lowest BCUT2D eigenvalue weighted by Gasteiger charge is -2.20. The van der Waals surface area contributed by atoms with Gasteiger partial charge in [-0.1, -0.05) is 17.3 Å². The molecule has 1 atom stereocenters. The topological polar surface area (TPSA) is 64.2 Å². The van der Waals surface area contributed by atoms with Crippen LogP contribution >= 0.6 is 11.8 Å². The van der Waals surface area contributed by atoms with E-state index in [4.69, 9.17) is 4.42 Å². The molecular formula is C17H15FN4O2S. The molecule has 0 unspecified atom stereocenters. The molecule has 1 aliphatic rings. The first-order valence-electron chi connectivity index (χ1n) is 7.77. The summed E-state index contributed by atoms with van der Waals surface area (Å²) in [4.78, 5) is 13.9. The Bertz CT molecular complexity index is 880. The maximum absolute atomic E-state index is 13.3. The van der Waals surface area contributed by atoms with Crippen LogP contribution in [0.25, 0.3) is 0 Å². The second-order valence-electron chi connectivity index (χ2n) is 5.74. The average molecular weight is 358 g/mol. The zero-order chi connectivity index (χ0) is 17.2. The summed E-state index contributed by atoms with van der Waals surface area (Å²) in [6, 6.07) is 10.0. The lowest BCUT2D eigenvalue weighted by Crippen LogP contribution is -2.27. The van der Waals surface area contributed by atoms with Crippen LogP contribution < -0.4 is 0 Å². The molecule has 128 valence electrons. The van der Waals surface area contributed by atoms with E-state index in [1.807, 2.05) is 12.1 Å². The smallest absolute Gasteiger partial charge is 0.234 e. The normalized spacial score (nSPS) is 17.4. The van der Waals surface area contributed by atoms with Crippen LogP contribution in [0.4, 0.5) is 4.39 Å². The minimum atomic E-state index is -0.278. The van der Waals surface area contributed by atoms with Gasteiger partial charge in [-0.05, 0) is 29.8 Å². The molecule has 0 radical (unpaired) electrons. The molecule has 1 aromatic carbocycles. The predicted molar refractivity (Wildman–Crippen MR) is 90.0 cm³/mol. The van der Waals surface area contributed by atoms with Crippen LogP contribution in [0.15, 0.2) is 53.3 Å². The molecule has 1 fully saturated rings. The van der Waals surface area contributed by atoms with Gasteiger partial charge in [0.15, 0.2) is 0 Å². The van der Waals surface area contributed by atoms with Crippen molar-refractivity contribution >= 4 is 17.7 Å². The number of hydrogen-bond donors (Lipinski definition) is 0. The standard InChI is InChI=1S/C17H15FN4O2S/c18-13-4-1-3-12(7-13)8-21-10-15(19-20-21)17-22(16(23)11-25-17)9-14-5-2-6-24-14/h1-7,10,17H,8-9,11H2/t17-/m1/s1. The zero-order valence-corrected chi connectivity index (χ0v) is 14.0. The molecule has 0 aliphatic carbocycles. The Morgan fingerprint density at radius 2 is 2.20 bits per heavy atom. The van der Waals surface area contributed by atoms with E-state index in [0.717, 1.165) is 11.3 Å². The Morgan fingerprint density at radius 1 is 1.28 bits per heavy atom. The summed E-state index contributed by atoms with van der Waals surface area (Å²) in [5.41, 5.74) is 1.51. The summed E-state index contributed by atoms with van der Waals surface area (Å²) < 4.78 is 20.3. The van der Waals surface area contributed by atoms with Crippen LogP contribution in [0.3, 0.4) is 0 Å². The summed E-state index contributed by atoms with van der Waals surface area (Å²) >= 11 is 1.51. The third-order valence-corrected chi connectivity index (χ3v) is 5.14. The van der Waals surface area contributed by atoms with Gasteiger partial charge in [-0.15, -0.1) is 16.9 Å². The second-order valence-corrected chi connectivity index (χ2v) is 6.80. The largest absolute Gasteiger partial charge is 0.467 e. The van der Waals surface area contributed by atoms with E-state index in [1.54, 1.807) is 34.2 Å². The first-order valence-corrected chi connectivity index (χ1v) is 8.82. The monoisotopic (exact) mass is 358 g/mol. The molecule has 3 aromatic rings. The summed E-state index contributed by atoms with van der Waals surface area (Å²) in [6.07, 6.45) is 3.39. The molecule has 8 heteroatoms.